The van der Waals surface area contributed by atoms with Crippen LogP contribution in [0.4, 0.5) is 5.69 Å². The van der Waals surface area contributed by atoms with Crippen molar-refractivity contribution in [2.24, 2.45) is 7.05 Å². The molecule has 25 heavy (non-hydrogen) atoms. The van der Waals surface area contributed by atoms with Crippen LogP contribution in [-0.2, 0) is 7.05 Å². The lowest BCUT2D eigenvalue weighted by Gasteiger charge is -2.13. The van der Waals surface area contributed by atoms with Crippen LogP contribution < -0.4 is 14.8 Å². The lowest BCUT2D eigenvalue weighted by atomic mass is 10.2. The van der Waals surface area contributed by atoms with Gasteiger partial charge in [0, 0.05) is 24.7 Å². The van der Waals surface area contributed by atoms with Crippen molar-refractivity contribution in [1.29, 1.82) is 0 Å². The van der Waals surface area contributed by atoms with E-state index < -0.39 is 0 Å². The predicted octanol–water partition coefficient (Wildman–Crippen LogP) is 3.20. The Kier molecular flexibility index (Phi) is 4.50. The zero-order valence-electron chi connectivity index (χ0n) is 14.3. The van der Waals surface area contributed by atoms with Crippen LogP contribution in [0, 0.1) is 6.92 Å². The highest BCUT2D eigenvalue weighted by Gasteiger charge is 2.16. The van der Waals surface area contributed by atoms with Crippen LogP contribution in [0.5, 0.6) is 11.5 Å². The molecule has 0 fully saturated rings. The largest absolute Gasteiger partial charge is 0.495 e. The van der Waals surface area contributed by atoms with Gasteiger partial charge in [0.2, 0.25) is 0 Å². The Morgan fingerprint density at radius 3 is 2.60 bits per heavy atom. The van der Waals surface area contributed by atoms with Crippen molar-refractivity contribution in [2.75, 3.05) is 19.5 Å². The number of pyridine rings is 1. The van der Waals surface area contributed by atoms with E-state index in [0.717, 1.165) is 16.7 Å². The maximum atomic E-state index is 12.6. The second-order valence-electron chi connectivity index (χ2n) is 5.45. The van der Waals surface area contributed by atoms with Crippen molar-refractivity contribution in [2.45, 2.75) is 6.92 Å². The van der Waals surface area contributed by atoms with E-state index >= 15 is 0 Å². The van der Waals surface area contributed by atoms with Crippen molar-refractivity contribution in [3.63, 3.8) is 0 Å². The summed E-state index contributed by atoms with van der Waals surface area (Å²) in [7, 11) is 4.83. The van der Waals surface area contributed by atoms with E-state index in [4.69, 9.17) is 21.1 Å². The van der Waals surface area contributed by atoms with Gasteiger partial charge in [0.1, 0.15) is 11.5 Å². The summed E-state index contributed by atoms with van der Waals surface area (Å²) in [6.45, 7) is 1.87. The maximum Gasteiger partial charge on any atom is 0.257 e. The van der Waals surface area contributed by atoms with Crippen LogP contribution in [0.3, 0.4) is 0 Å². The van der Waals surface area contributed by atoms with Crippen LogP contribution >= 0.6 is 11.6 Å². The molecule has 8 heteroatoms. The van der Waals surface area contributed by atoms with Crippen LogP contribution in [-0.4, -0.2) is 34.9 Å². The summed E-state index contributed by atoms with van der Waals surface area (Å²) in [6.07, 6.45) is 1.51. The molecule has 1 amide bonds. The second-order valence-corrected chi connectivity index (χ2v) is 5.85. The first-order valence-corrected chi connectivity index (χ1v) is 7.84. The molecule has 0 saturated carbocycles. The third-order valence-corrected chi connectivity index (χ3v) is 4.14. The lowest BCUT2D eigenvalue weighted by molar-refractivity contribution is 0.102. The van der Waals surface area contributed by atoms with Gasteiger partial charge in [-0.25, -0.2) is 4.98 Å². The number of halogens is 1. The zero-order chi connectivity index (χ0) is 18.1. The molecular formula is C17H17ClN4O3. The third kappa shape index (κ3) is 3.10. The molecule has 2 aromatic heterocycles. The first-order valence-electron chi connectivity index (χ1n) is 7.46. The van der Waals surface area contributed by atoms with E-state index in [1.807, 2.05) is 14.0 Å². The number of benzene rings is 1. The van der Waals surface area contributed by atoms with Gasteiger partial charge in [0.25, 0.3) is 5.91 Å². The summed E-state index contributed by atoms with van der Waals surface area (Å²) in [6, 6.07) is 4.96. The zero-order valence-corrected chi connectivity index (χ0v) is 15.0. The summed E-state index contributed by atoms with van der Waals surface area (Å²) < 4.78 is 12.1. The highest BCUT2D eigenvalue weighted by Crippen LogP contribution is 2.36. The number of carbonyl (C=O) groups excluding carboxylic acids is 1. The molecule has 0 unspecified atom stereocenters. The fourth-order valence-electron chi connectivity index (χ4n) is 2.58. The Morgan fingerprint density at radius 1 is 1.20 bits per heavy atom. The standard InChI is InChI=1S/C17H17ClN4O3/c1-9-11-5-10(8-19-16(11)22(2)21-9)17(23)20-13-6-12(18)14(24-3)7-15(13)25-4/h5-8H,1-4H3,(H,20,23). The molecule has 0 saturated heterocycles. The molecule has 3 aromatic rings. The summed E-state index contributed by atoms with van der Waals surface area (Å²) in [4.78, 5) is 16.9. The van der Waals surface area contributed by atoms with Gasteiger partial charge in [0.15, 0.2) is 5.65 Å². The molecule has 0 spiro atoms. The van der Waals surface area contributed by atoms with Gasteiger partial charge in [-0.05, 0) is 19.1 Å². The summed E-state index contributed by atoms with van der Waals surface area (Å²) in [5.74, 6) is 0.587. The monoisotopic (exact) mass is 360 g/mol. The van der Waals surface area contributed by atoms with Gasteiger partial charge in [-0.1, -0.05) is 11.6 Å². The number of fused-ring (bicyclic) bond motifs is 1. The molecule has 2 heterocycles. The van der Waals surface area contributed by atoms with Gasteiger partial charge in [-0.15, -0.1) is 0 Å². The minimum atomic E-state index is -0.322. The number of aryl methyl sites for hydroxylation is 2. The van der Waals surface area contributed by atoms with Crippen LogP contribution in [0.2, 0.25) is 5.02 Å². The number of aromatic nitrogens is 3. The summed E-state index contributed by atoms with van der Waals surface area (Å²) >= 11 is 6.13. The number of ether oxygens (including phenoxy) is 2. The van der Waals surface area contributed by atoms with Crippen molar-refractivity contribution in [1.82, 2.24) is 14.8 Å². The van der Waals surface area contributed by atoms with E-state index in [1.54, 1.807) is 22.9 Å². The van der Waals surface area contributed by atoms with Gasteiger partial charge < -0.3 is 14.8 Å². The molecule has 0 bridgehead atoms. The topological polar surface area (TPSA) is 78.3 Å². The molecule has 1 N–H and O–H groups in total. The fourth-order valence-corrected chi connectivity index (χ4v) is 2.83. The molecule has 0 atom stereocenters. The molecule has 7 nitrogen and oxygen atoms in total. The first-order chi connectivity index (χ1) is 11.9. The van der Waals surface area contributed by atoms with Crippen molar-refractivity contribution in [3.8, 4) is 11.5 Å². The maximum absolute atomic E-state index is 12.6. The first kappa shape index (κ1) is 17.0. The predicted molar refractivity (Wildman–Crippen MR) is 95.8 cm³/mol. The third-order valence-electron chi connectivity index (χ3n) is 3.85. The number of nitrogens with one attached hydrogen (secondary N) is 1. The number of amides is 1. The van der Waals surface area contributed by atoms with E-state index in [-0.39, 0.29) is 5.91 Å². The number of hydrogen-bond acceptors (Lipinski definition) is 5. The van der Waals surface area contributed by atoms with Crippen LogP contribution in [0.1, 0.15) is 16.1 Å². The molecule has 1 aromatic carbocycles. The molecule has 0 aliphatic heterocycles. The minimum absolute atomic E-state index is 0.322. The molecule has 0 aliphatic carbocycles. The SMILES string of the molecule is COc1cc(OC)c(NC(=O)c2cnc3c(c2)c(C)nn3C)cc1Cl. The number of anilines is 1. The highest BCUT2D eigenvalue weighted by molar-refractivity contribution is 6.32. The Hall–Kier alpha value is -2.80. The molecular weight excluding hydrogens is 344 g/mol. The Balaban J connectivity index is 1.95. The van der Waals surface area contributed by atoms with Gasteiger partial charge in [-0.3, -0.25) is 9.48 Å². The van der Waals surface area contributed by atoms with Gasteiger partial charge >= 0.3 is 0 Å². The van der Waals surface area contributed by atoms with E-state index in [0.29, 0.717) is 27.8 Å². The van der Waals surface area contributed by atoms with Crippen LogP contribution in [0.15, 0.2) is 24.4 Å². The molecule has 0 aliphatic rings. The average molecular weight is 361 g/mol. The number of nitrogens with zero attached hydrogens (tertiary/aromatic N) is 3. The molecule has 130 valence electrons. The van der Waals surface area contributed by atoms with Gasteiger partial charge in [0.05, 0.1) is 36.2 Å². The number of methoxy groups -OCH3 is 2. The summed E-state index contributed by atoms with van der Waals surface area (Å²) in [5.41, 5.74) is 2.39. The number of rotatable bonds is 4. The molecule has 0 radical (unpaired) electrons. The van der Waals surface area contributed by atoms with E-state index in [1.165, 1.54) is 20.4 Å². The fraction of sp³-hybridized carbons (Fsp3) is 0.235. The average Bonchev–Trinajstić information content (AvgIpc) is 2.89. The lowest BCUT2D eigenvalue weighted by Crippen LogP contribution is -2.13. The Bertz CT molecular complexity index is 968. The van der Waals surface area contributed by atoms with Crippen LogP contribution in [0.25, 0.3) is 11.0 Å². The Morgan fingerprint density at radius 2 is 1.92 bits per heavy atom. The number of hydrogen-bond donors (Lipinski definition) is 1. The van der Waals surface area contributed by atoms with Crippen molar-refractivity contribution < 1.29 is 14.3 Å². The second kappa shape index (κ2) is 6.60. The van der Waals surface area contributed by atoms with E-state index in [9.17, 15) is 4.79 Å². The summed E-state index contributed by atoms with van der Waals surface area (Å²) in [5, 5.41) is 8.29. The smallest absolute Gasteiger partial charge is 0.257 e. The number of carbonyl (C=O) groups is 1. The van der Waals surface area contributed by atoms with E-state index in [2.05, 4.69) is 15.4 Å². The van der Waals surface area contributed by atoms with Gasteiger partial charge in [-0.2, -0.15) is 5.10 Å². The Labute approximate surface area is 149 Å². The van der Waals surface area contributed by atoms with Crippen molar-refractivity contribution >= 4 is 34.2 Å². The quantitative estimate of drug-likeness (QED) is 0.773. The highest BCUT2D eigenvalue weighted by atomic mass is 35.5. The minimum Gasteiger partial charge on any atom is -0.495 e. The normalized spacial score (nSPS) is 10.8. The van der Waals surface area contributed by atoms with Crippen molar-refractivity contribution in [3.05, 3.63) is 40.7 Å². The molecule has 3 rings (SSSR count).